The van der Waals surface area contributed by atoms with Crippen molar-refractivity contribution in [3.8, 4) is 0 Å². The lowest BCUT2D eigenvalue weighted by atomic mass is 9.87. The van der Waals surface area contributed by atoms with E-state index in [0.717, 1.165) is 25.1 Å². The Morgan fingerprint density at radius 3 is 2.56 bits per heavy atom. The number of rotatable bonds is 8. The summed E-state index contributed by atoms with van der Waals surface area (Å²) in [6, 6.07) is 7.68. The average Bonchev–Trinajstić information content (AvgIpc) is 3.41. The van der Waals surface area contributed by atoms with Crippen LogP contribution in [0.2, 0.25) is 0 Å². The van der Waals surface area contributed by atoms with Crippen molar-refractivity contribution in [3.05, 3.63) is 42.5 Å². The monoisotopic (exact) mass is 538 g/mol. The normalized spacial score (nSPS) is 24.3. The van der Waals surface area contributed by atoms with Crippen LogP contribution in [-0.4, -0.2) is 85.7 Å². The molecule has 1 saturated carbocycles. The van der Waals surface area contributed by atoms with E-state index in [9.17, 15) is 15.0 Å². The Hall–Kier alpha value is -3.32. The predicted octanol–water partition coefficient (Wildman–Crippen LogP) is 1.86. The minimum atomic E-state index is -1.16. The van der Waals surface area contributed by atoms with Crippen LogP contribution in [0.4, 0.5) is 16.3 Å². The summed E-state index contributed by atoms with van der Waals surface area (Å²) in [6.07, 6.45) is 1.10. The fourth-order valence-corrected chi connectivity index (χ4v) is 5.17. The van der Waals surface area contributed by atoms with E-state index in [0.29, 0.717) is 24.3 Å². The second-order valence-electron chi connectivity index (χ2n) is 12.0. The van der Waals surface area contributed by atoms with Crippen molar-refractivity contribution in [3.63, 3.8) is 0 Å². The highest BCUT2D eigenvalue weighted by Gasteiger charge is 2.47. The number of amides is 2. The molecule has 5 rings (SSSR count). The van der Waals surface area contributed by atoms with Crippen molar-refractivity contribution in [2.45, 2.75) is 63.6 Å². The molecule has 210 valence electrons. The van der Waals surface area contributed by atoms with Gasteiger partial charge >= 0.3 is 6.03 Å². The molecule has 0 radical (unpaired) electrons. The van der Waals surface area contributed by atoms with Crippen LogP contribution in [0.5, 0.6) is 0 Å². The van der Waals surface area contributed by atoms with Gasteiger partial charge in [0.15, 0.2) is 17.7 Å². The Labute approximate surface area is 227 Å². The predicted molar refractivity (Wildman–Crippen MR) is 147 cm³/mol. The third-order valence-corrected chi connectivity index (χ3v) is 7.69. The molecule has 12 heteroatoms. The average molecular weight is 539 g/mol. The number of benzene rings is 1. The van der Waals surface area contributed by atoms with Crippen molar-refractivity contribution in [2.24, 2.45) is 5.41 Å². The van der Waals surface area contributed by atoms with E-state index in [1.54, 1.807) is 4.57 Å². The maximum Gasteiger partial charge on any atom is 0.319 e. The summed E-state index contributed by atoms with van der Waals surface area (Å²) >= 11 is 0. The molecule has 2 aromatic heterocycles. The van der Waals surface area contributed by atoms with Gasteiger partial charge in [-0.05, 0) is 43.0 Å². The summed E-state index contributed by atoms with van der Waals surface area (Å²) in [4.78, 5) is 27.0. The van der Waals surface area contributed by atoms with E-state index in [-0.39, 0.29) is 22.7 Å². The van der Waals surface area contributed by atoms with Gasteiger partial charge in [-0.25, -0.2) is 19.7 Å². The Morgan fingerprint density at radius 2 is 1.90 bits per heavy atom. The van der Waals surface area contributed by atoms with Crippen LogP contribution in [0.15, 0.2) is 36.9 Å². The number of aromatic nitrogens is 4. The van der Waals surface area contributed by atoms with Gasteiger partial charge in [0.25, 0.3) is 0 Å². The van der Waals surface area contributed by atoms with Crippen LogP contribution in [0, 0.1) is 5.41 Å². The first-order chi connectivity index (χ1) is 18.5. The van der Waals surface area contributed by atoms with Gasteiger partial charge in [0.05, 0.1) is 6.33 Å². The summed E-state index contributed by atoms with van der Waals surface area (Å²) in [6.45, 7) is 8.14. The lowest BCUT2D eigenvalue weighted by Crippen LogP contribution is -2.43. The molecular formula is C27H38N8O4. The molecule has 2 amide bonds. The van der Waals surface area contributed by atoms with E-state index >= 15 is 0 Å². The van der Waals surface area contributed by atoms with Gasteiger partial charge in [-0.3, -0.25) is 4.57 Å². The summed E-state index contributed by atoms with van der Waals surface area (Å²) < 4.78 is 7.65. The van der Waals surface area contributed by atoms with Crippen molar-refractivity contribution in [1.82, 2.24) is 29.7 Å². The van der Waals surface area contributed by atoms with Gasteiger partial charge in [0.2, 0.25) is 0 Å². The number of anilines is 2. The largest absolute Gasteiger partial charge is 0.387 e. The quantitative estimate of drug-likeness (QED) is 0.288. The number of carbonyl (C=O) groups excluding carboxylic acids is 1. The van der Waals surface area contributed by atoms with E-state index in [1.165, 1.54) is 18.2 Å². The third-order valence-electron chi connectivity index (χ3n) is 7.69. The lowest BCUT2D eigenvalue weighted by molar-refractivity contribution is -0.0432. The van der Waals surface area contributed by atoms with Crippen LogP contribution in [0.1, 0.15) is 45.4 Å². The van der Waals surface area contributed by atoms with Gasteiger partial charge in [0, 0.05) is 30.7 Å². The van der Waals surface area contributed by atoms with Crippen molar-refractivity contribution in [1.29, 1.82) is 0 Å². The molecule has 1 aliphatic carbocycles. The number of hydrogen-bond donors (Lipinski definition) is 5. The summed E-state index contributed by atoms with van der Waals surface area (Å²) in [5.41, 5.74) is 8.71. The van der Waals surface area contributed by atoms with Crippen LogP contribution < -0.4 is 16.4 Å². The first kappa shape index (κ1) is 27.3. The fraction of sp³-hybridized carbons (Fsp3) is 0.556. The summed E-state index contributed by atoms with van der Waals surface area (Å²) in [5, 5.41) is 27.4. The zero-order valence-corrected chi connectivity index (χ0v) is 22.8. The molecule has 1 aromatic carbocycles. The molecule has 3 aromatic rings. The second kappa shape index (κ2) is 10.3. The number of ether oxygens (including phenoxy) is 1. The highest BCUT2D eigenvalue weighted by atomic mass is 16.6. The van der Waals surface area contributed by atoms with Crippen LogP contribution in [-0.2, 0) is 10.2 Å². The number of nitrogens with zero attached hydrogens (tertiary/aromatic N) is 5. The number of fused-ring (bicyclic) bond motifs is 1. The first-order valence-electron chi connectivity index (χ1n) is 13.2. The highest BCUT2D eigenvalue weighted by Crippen LogP contribution is 2.45. The number of likely N-dealkylation sites (N-methyl/N-ethyl adjacent to an activating group) is 1. The molecule has 6 N–H and O–H groups in total. The molecule has 0 spiro atoms. The first-order valence-corrected chi connectivity index (χ1v) is 13.2. The minimum Gasteiger partial charge on any atom is -0.387 e. The molecule has 0 bridgehead atoms. The van der Waals surface area contributed by atoms with Gasteiger partial charge in [-0.1, -0.05) is 32.9 Å². The van der Waals surface area contributed by atoms with E-state index in [1.807, 2.05) is 31.3 Å². The minimum absolute atomic E-state index is 0.0290. The number of nitrogens with two attached hydrogens (primary N) is 1. The van der Waals surface area contributed by atoms with Gasteiger partial charge in [0.1, 0.15) is 30.2 Å². The van der Waals surface area contributed by atoms with Crippen molar-refractivity contribution >= 4 is 28.7 Å². The molecule has 12 nitrogen and oxygen atoms in total. The standard InChI is InChI=1S/C27H38N8O4/c1-26(2,3)16-5-7-17(8-6-16)33-25(38)29-12-27(9-10-27)13-34(4)11-18-20(36)21(37)24(39-18)35-15-32-19-22(28)30-14-31-23(19)35/h5-8,14-15,18,20-21,24,36-37H,9-13H2,1-4H3,(H2,28,30,31)(H2,29,33,38)/t18-,20?,21?,24-/m1/s1. The van der Waals surface area contributed by atoms with Crippen LogP contribution >= 0.6 is 0 Å². The van der Waals surface area contributed by atoms with Crippen molar-refractivity contribution in [2.75, 3.05) is 37.7 Å². The number of nitrogens with one attached hydrogen (secondary N) is 2. The fourth-order valence-electron chi connectivity index (χ4n) is 5.17. The number of aliphatic hydroxyl groups is 2. The Morgan fingerprint density at radius 1 is 1.18 bits per heavy atom. The van der Waals surface area contributed by atoms with Crippen LogP contribution in [0.3, 0.4) is 0 Å². The topological polar surface area (TPSA) is 164 Å². The molecule has 4 atom stereocenters. The molecule has 1 aliphatic heterocycles. The molecular weight excluding hydrogens is 500 g/mol. The van der Waals surface area contributed by atoms with Gasteiger partial charge < -0.3 is 36.2 Å². The molecule has 2 aliphatic rings. The molecule has 39 heavy (non-hydrogen) atoms. The Balaban J connectivity index is 1.13. The van der Waals surface area contributed by atoms with Gasteiger partial charge in [-0.2, -0.15) is 0 Å². The number of aliphatic hydroxyl groups excluding tert-OH is 2. The molecule has 2 fully saturated rings. The molecule has 1 saturated heterocycles. The number of urea groups is 1. The smallest absolute Gasteiger partial charge is 0.319 e. The number of carbonyl (C=O) groups is 1. The maximum atomic E-state index is 12.5. The van der Waals surface area contributed by atoms with Crippen molar-refractivity contribution < 1.29 is 19.7 Å². The number of nitrogen functional groups attached to an aromatic ring is 1. The zero-order chi connectivity index (χ0) is 27.9. The second-order valence-corrected chi connectivity index (χ2v) is 12.0. The maximum absolute atomic E-state index is 12.5. The number of imidazole rings is 1. The van der Waals surface area contributed by atoms with E-state index in [4.69, 9.17) is 10.5 Å². The Kier molecular flexibility index (Phi) is 7.23. The van der Waals surface area contributed by atoms with Gasteiger partial charge in [-0.15, -0.1) is 0 Å². The third kappa shape index (κ3) is 5.83. The molecule has 3 heterocycles. The zero-order valence-electron chi connectivity index (χ0n) is 22.8. The van der Waals surface area contributed by atoms with E-state index in [2.05, 4.69) is 51.3 Å². The lowest BCUT2D eigenvalue weighted by Gasteiger charge is -2.27. The summed E-state index contributed by atoms with van der Waals surface area (Å²) in [5.74, 6) is 0.235. The highest BCUT2D eigenvalue weighted by molar-refractivity contribution is 5.89. The van der Waals surface area contributed by atoms with Crippen LogP contribution in [0.25, 0.3) is 11.2 Å². The summed E-state index contributed by atoms with van der Waals surface area (Å²) in [7, 11) is 1.95. The molecule has 2 unspecified atom stereocenters. The SMILES string of the molecule is CN(C[C@H]1O[C@@H](n2cnc3c(N)ncnc32)C(O)C1O)CC1(CNC(=O)Nc2ccc(C(C)(C)C)cc2)CC1. The number of hydrogen-bond acceptors (Lipinski definition) is 9. The Bertz CT molecular complexity index is 1320. The van der Waals surface area contributed by atoms with E-state index < -0.39 is 24.5 Å².